The van der Waals surface area contributed by atoms with E-state index in [1.807, 2.05) is 19.9 Å². The molecule has 0 spiro atoms. The highest BCUT2D eigenvalue weighted by Gasteiger charge is 2.40. The van der Waals surface area contributed by atoms with Crippen molar-refractivity contribution in [2.75, 3.05) is 13.1 Å². The van der Waals surface area contributed by atoms with Crippen LogP contribution < -0.4 is 0 Å². The molecule has 0 aliphatic carbocycles. The van der Waals surface area contributed by atoms with Gasteiger partial charge in [-0.1, -0.05) is 0 Å². The van der Waals surface area contributed by atoms with Crippen molar-refractivity contribution in [2.45, 2.75) is 32.3 Å². The zero-order valence-electron chi connectivity index (χ0n) is 11.0. The van der Waals surface area contributed by atoms with Gasteiger partial charge in [0.25, 0.3) is 5.91 Å². The van der Waals surface area contributed by atoms with E-state index in [2.05, 4.69) is 0 Å². The molecule has 1 aliphatic heterocycles. The minimum atomic E-state index is -1.68. The Labute approximate surface area is 115 Å². The van der Waals surface area contributed by atoms with Gasteiger partial charge in [0.2, 0.25) is 0 Å². The van der Waals surface area contributed by atoms with Gasteiger partial charge >= 0.3 is 5.97 Å². The topological polar surface area (TPSA) is 77.8 Å². The quantitative estimate of drug-likeness (QED) is 0.860. The fourth-order valence-electron chi connectivity index (χ4n) is 2.13. The lowest BCUT2D eigenvalue weighted by Gasteiger charge is -2.35. The number of thiophene rings is 1. The lowest BCUT2D eigenvalue weighted by atomic mass is 9.91. The zero-order chi connectivity index (χ0) is 14.2. The van der Waals surface area contributed by atoms with Gasteiger partial charge in [0.05, 0.1) is 4.88 Å². The number of nitrogens with zero attached hydrogens (tertiary/aromatic N) is 1. The number of carbonyl (C=O) groups excluding carboxylic acids is 1. The van der Waals surface area contributed by atoms with Crippen LogP contribution in [-0.2, 0) is 4.79 Å². The van der Waals surface area contributed by atoms with Crippen molar-refractivity contribution in [3.8, 4) is 0 Å². The molecule has 1 saturated heterocycles. The smallest absolute Gasteiger partial charge is 0.335 e. The highest BCUT2D eigenvalue weighted by Crippen LogP contribution is 2.26. The van der Waals surface area contributed by atoms with Gasteiger partial charge in [-0.3, -0.25) is 4.79 Å². The molecular weight excluding hydrogens is 266 g/mol. The lowest BCUT2D eigenvalue weighted by Crippen LogP contribution is -2.50. The molecule has 6 heteroatoms. The molecule has 1 fully saturated rings. The largest absolute Gasteiger partial charge is 0.479 e. The van der Waals surface area contributed by atoms with E-state index >= 15 is 0 Å². The summed E-state index contributed by atoms with van der Waals surface area (Å²) < 4.78 is 0. The van der Waals surface area contributed by atoms with E-state index in [4.69, 9.17) is 5.11 Å². The van der Waals surface area contributed by atoms with Crippen LogP contribution in [0.4, 0.5) is 0 Å². The second kappa shape index (κ2) is 4.94. The van der Waals surface area contributed by atoms with Crippen molar-refractivity contribution in [1.82, 2.24) is 4.90 Å². The van der Waals surface area contributed by atoms with Crippen LogP contribution in [0.2, 0.25) is 0 Å². The third kappa shape index (κ3) is 2.64. The van der Waals surface area contributed by atoms with Crippen LogP contribution >= 0.6 is 11.3 Å². The molecule has 1 aromatic heterocycles. The first-order valence-electron chi connectivity index (χ1n) is 6.15. The minimum Gasteiger partial charge on any atom is -0.479 e. The molecular formula is C13H17NO4S. The van der Waals surface area contributed by atoms with E-state index in [0.29, 0.717) is 4.88 Å². The van der Waals surface area contributed by atoms with Crippen LogP contribution in [0.25, 0.3) is 0 Å². The van der Waals surface area contributed by atoms with E-state index in [1.165, 1.54) is 11.3 Å². The van der Waals surface area contributed by atoms with E-state index < -0.39 is 11.6 Å². The molecule has 0 radical (unpaired) electrons. The number of carboxylic acid groups (broad SMARTS) is 1. The van der Waals surface area contributed by atoms with Gasteiger partial charge in [0, 0.05) is 30.8 Å². The number of hydrogen-bond donors (Lipinski definition) is 2. The van der Waals surface area contributed by atoms with Crippen LogP contribution in [0.3, 0.4) is 0 Å². The van der Waals surface area contributed by atoms with Crippen molar-refractivity contribution in [3.63, 3.8) is 0 Å². The summed E-state index contributed by atoms with van der Waals surface area (Å²) in [6.07, 6.45) is 0.162. The highest BCUT2D eigenvalue weighted by atomic mass is 32.1. The average molecular weight is 283 g/mol. The number of aliphatic carboxylic acids is 1. The number of aliphatic hydroxyl groups is 1. The molecule has 2 rings (SSSR count). The molecule has 0 bridgehead atoms. The first kappa shape index (κ1) is 14.0. The lowest BCUT2D eigenvalue weighted by molar-refractivity contribution is -0.162. The van der Waals surface area contributed by atoms with Gasteiger partial charge in [0.1, 0.15) is 0 Å². The standard InChI is InChI=1S/C13H17NO4S/c1-8-7-10(19-9(8)2)11(15)14-5-3-13(18,4-6-14)12(16)17/h7,18H,3-6H2,1-2H3,(H,16,17). The molecule has 0 saturated carbocycles. The summed E-state index contributed by atoms with van der Waals surface area (Å²) in [7, 11) is 0. The van der Waals surface area contributed by atoms with E-state index in [0.717, 1.165) is 10.4 Å². The van der Waals surface area contributed by atoms with Crippen LogP contribution in [-0.4, -0.2) is 45.7 Å². The third-order valence-corrected chi connectivity index (χ3v) is 4.79. The van der Waals surface area contributed by atoms with Gasteiger partial charge in [-0.05, 0) is 25.5 Å². The first-order valence-corrected chi connectivity index (χ1v) is 6.97. The molecule has 0 atom stereocenters. The average Bonchev–Trinajstić information content (AvgIpc) is 2.69. The highest BCUT2D eigenvalue weighted by molar-refractivity contribution is 7.14. The number of hydrogen-bond acceptors (Lipinski definition) is 4. The molecule has 19 heavy (non-hydrogen) atoms. The van der Waals surface area contributed by atoms with Gasteiger partial charge in [0.15, 0.2) is 5.60 Å². The Balaban J connectivity index is 2.06. The molecule has 0 aromatic carbocycles. The zero-order valence-corrected chi connectivity index (χ0v) is 11.8. The Morgan fingerprint density at radius 3 is 2.32 bits per heavy atom. The minimum absolute atomic E-state index is 0.0753. The summed E-state index contributed by atoms with van der Waals surface area (Å²) in [5, 5.41) is 18.8. The Kier molecular flexibility index (Phi) is 3.64. The van der Waals surface area contributed by atoms with E-state index in [9.17, 15) is 14.7 Å². The normalized spacial score (nSPS) is 18.4. The molecule has 1 aromatic rings. The van der Waals surface area contributed by atoms with Crippen LogP contribution in [0.15, 0.2) is 6.07 Å². The number of rotatable bonds is 2. The molecule has 1 aliphatic rings. The predicted octanol–water partition coefficient (Wildman–Crippen LogP) is 1.42. The number of piperidine rings is 1. The van der Waals surface area contributed by atoms with Crippen LogP contribution in [0, 0.1) is 13.8 Å². The molecule has 2 N–H and O–H groups in total. The Hall–Kier alpha value is -1.40. The molecule has 0 unspecified atom stereocenters. The van der Waals surface area contributed by atoms with Crippen LogP contribution in [0.5, 0.6) is 0 Å². The van der Waals surface area contributed by atoms with Crippen molar-refractivity contribution in [1.29, 1.82) is 0 Å². The fraction of sp³-hybridized carbons (Fsp3) is 0.538. The molecule has 104 valence electrons. The summed E-state index contributed by atoms with van der Waals surface area (Å²) in [6.45, 7) is 4.48. The molecule has 1 amide bonds. The summed E-state index contributed by atoms with van der Waals surface area (Å²) in [5.41, 5.74) is -0.592. The predicted molar refractivity (Wildman–Crippen MR) is 71.5 cm³/mol. The monoisotopic (exact) mass is 283 g/mol. The molecule has 5 nitrogen and oxygen atoms in total. The van der Waals surface area contributed by atoms with E-state index in [-0.39, 0.29) is 31.8 Å². The first-order chi connectivity index (χ1) is 8.83. The SMILES string of the molecule is Cc1cc(C(=O)N2CCC(O)(C(=O)O)CC2)sc1C. The maximum atomic E-state index is 12.3. The maximum absolute atomic E-state index is 12.3. The van der Waals surface area contributed by atoms with Crippen LogP contribution in [0.1, 0.15) is 33.0 Å². The Morgan fingerprint density at radius 1 is 1.32 bits per heavy atom. The Morgan fingerprint density at radius 2 is 1.89 bits per heavy atom. The second-order valence-electron chi connectivity index (χ2n) is 4.98. The number of aryl methyl sites for hydroxylation is 2. The number of amides is 1. The maximum Gasteiger partial charge on any atom is 0.335 e. The van der Waals surface area contributed by atoms with Crippen molar-refractivity contribution in [2.24, 2.45) is 0 Å². The van der Waals surface area contributed by atoms with E-state index in [1.54, 1.807) is 4.90 Å². The van der Waals surface area contributed by atoms with Crippen molar-refractivity contribution in [3.05, 3.63) is 21.4 Å². The Bertz CT molecular complexity index is 495. The summed E-state index contributed by atoms with van der Waals surface area (Å²) in [6, 6.07) is 1.86. The third-order valence-electron chi connectivity index (χ3n) is 3.65. The summed E-state index contributed by atoms with van der Waals surface area (Å²) >= 11 is 1.45. The van der Waals surface area contributed by atoms with Crippen molar-refractivity contribution >= 4 is 23.2 Å². The van der Waals surface area contributed by atoms with Gasteiger partial charge < -0.3 is 15.1 Å². The van der Waals surface area contributed by atoms with Crippen molar-refractivity contribution < 1.29 is 19.8 Å². The summed E-state index contributed by atoms with van der Waals surface area (Å²) in [4.78, 5) is 26.6. The number of carbonyl (C=O) groups is 2. The molecule has 2 heterocycles. The number of carboxylic acids is 1. The van der Waals surface area contributed by atoms with Gasteiger partial charge in [-0.15, -0.1) is 11.3 Å². The van der Waals surface area contributed by atoms with Gasteiger partial charge in [-0.25, -0.2) is 4.79 Å². The summed E-state index contributed by atoms with van der Waals surface area (Å²) in [5.74, 6) is -1.28. The second-order valence-corrected chi connectivity index (χ2v) is 6.24. The fourth-order valence-corrected chi connectivity index (χ4v) is 3.13. The van der Waals surface area contributed by atoms with Gasteiger partial charge in [-0.2, -0.15) is 0 Å². The number of likely N-dealkylation sites (tertiary alicyclic amines) is 1.